The Morgan fingerprint density at radius 1 is 1.50 bits per heavy atom. The summed E-state index contributed by atoms with van der Waals surface area (Å²) in [5, 5.41) is 6.06. The van der Waals surface area contributed by atoms with Crippen molar-refractivity contribution in [1.29, 1.82) is 0 Å². The molecule has 0 aromatic heterocycles. The summed E-state index contributed by atoms with van der Waals surface area (Å²) < 4.78 is 5.38. The topological polar surface area (TPSA) is 50.4 Å². The second kappa shape index (κ2) is 5.84. The predicted molar refractivity (Wildman–Crippen MR) is 64.8 cm³/mol. The molecule has 0 radical (unpaired) electrons. The van der Waals surface area contributed by atoms with Gasteiger partial charge >= 0.3 is 0 Å². The fourth-order valence-electron chi connectivity index (χ4n) is 1.74. The van der Waals surface area contributed by atoms with Crippen molar-refractivity contribution in [3.8, 4) is 0 Å². The van der Waals surface area contributed by atoms with Gasteiger partial charge in [-0.3, -0.25) is 4.79 Å². The number of amides is 1. The summed E-state index contributed by atoms with van der Waals surface area (Å²) in [5.74, 6) is 0.0293. The summed E-state index contributed by atoms with van der Waals surface area (Å²) >= 11 is 0. The van der Waals surface area contributed by atoms with Gasteiger partial charge in [-0.05, 0) is 24.7 Å². The fourth-order valence-corrected chi connectivity index (χ4v) is 1.74. The smallest absolute Gasteiger partial charge is 0.246 e. The van der Waals surface area contributed by atoms with Gasteiger partial charge in [0.05, 0.1) is 6.10 Å². The number of carbonyl (C=O) groups is 1. The molecule has 2 fully saturated rings. The Kier molecular flexibility index (Phi) is 5.02. The van der Waals surface area contributed by atoms with E-state index >= 15 is 0 Å². The quantitative estimate of drug-likeness (QED) is 0.728. The zero-order chi connectivity index (χ0) is 10.7. The number of hydrogen-bond acceptors (Lipinski definition) is 3. The fraction of sp³-hybridized carbons (Fsp3) is 0.909. The monoisotopic (exact) mass is 248 g/mol. The SMILES string of the molecule is CCC1(CNC(=O)COC2CNC2)CC1.Cl. The van der Waals surface area contributed by atoms with Crippen molar-refractivity contribution < 1.29 is 9.53 Å². The molecule has 0 aromatic rings. The predicted octanol–water partition coefficient (Wildman–Crippen LogP) is 0.703. The van der Waals surface area contributed by atoms with E-state index in [-0.39, 0.29) is 31.0 Å². The van der Waals surface area contributed by atoms with E-state index in [2.05, 4.69) is 17.6 Å². The number of nitrogens with one attached hydrogen (secondary N) is 2. The largest absolute Gasteiger partial charge is 0.366 e. The van der Waals surface area contributed by atoms with Crippen molar-refractivity contribution in [3.63, 3.8) is 0 Å². The Morgan fingerprint density at radius 3 is 2.62 bits per heavy atom. The van der Waals surface area contributed by atoms with Gasteiger partial charge in [-0.15, -0.1) is 12.4 Å². The molecule has 1 amide bonds. The van der Waals surface area contributed by atoms with E-state index in [1.807, 2.05) is 0 Å². The minimum atomic E-state index is 0. The van der Waals surface area contributed by atoms with Gasteiger partial charge in [-0.2, -0.15) is 0 Å². The van der Waals surface area contributed by atoms with Crippen LogP contribution in [0.25, 0.3) is 0 Å². The molecule has 5 heteroatoms. The first-order chi connectivity index (χ1) is 7.24. The maximum absolute atomic E-state index is 11.4. The standard InChI is InChI=1S/C11H20N2O2.ClH/c1-2-11(3-4-11)8-13-10(14)7-15-9-5-12-6-9;/h9,12H,2-8H2,1H3,(H,13,14);1H. The van der Waals surface area contributed by atoms with Crippen LogP contribution in [0.1, 0.15) is 26.2 Å². The van der Waals surface area contributed by atoms with E-state index in [0.717, 1.165) is 19.6 Å². The Labute approximate surface area is 103 Å². The van der Waals surface area contributed by atoms with Gasteiger partial charge in [0.15, 0.2) is 0 Å². The molecule has 0 bridgehead atoms. The molecule has 0 aromatic carbocycles. The van der Waals surface area contributed by atoms with Crippen molar-refractivity contribution in [2.45, 2.75) is 32.3 Å². The van der Waals surface area contributed by atoms with Crippen LogP contribution in [-0.4, -0.2) is 38.3 Å². The highest BCUT2D eigenvalue weighted by Crippen LogP contribution is 2.47. The van der Waals surface area contributed by atoms with Crippen LogP contribution < -0.4 is 10.6 Å². The molecular formula is C11H21ClN2O2. The number of rotatable bonds is 6. The second-order valence-corrected chi connectivity index (χ2v) is 4.72. The molecule has 94 valence electrons. The lowest BCUT2D eigenvalue weighted by Gasteiger charge is -2.26. The van der Waals surface area contributed by atoms with E-state index in [1.54, 1.807) is 0 Å². The molecule has 0 unspecified atom stereocenters. The third-order valence-electron chi connectivity index (χ3n) is 3.56. The van der Waals surface area contributed by atoms with E-state index in [9.17, 15) is 4.79 Å². The van der Waals surface area contributed by atoms with Crippen LogP contribution in [0, 0.1) is 5.41 Å². The maximum atomic E-state index is 11.4. The molecule has 0 atom stereocenters. The van der Waals surface area contributed by atoms with Crippen LogP contribution in [0.15, 0.2) is 0 Å². The van der Waals surface area contributed by atoms with Crippen LogP contribution in [0.5, 0.6) is 0 Å². The van der Waals surface area contributed by atoms with Gasteiger partial charge in [0.1, 0.15) is 6.61 Å². The summed E-state index contributed by atoms with van der Waals surface area (Å²) in [4.78, 5) is 11.4. The molecular weight excluding hydrogens is 228 g/mol. The first-order valence-corrected chi connectivity index (χ1v) is 5.83. The molecule has 4 nitrogen and oxygen atoms in total. The molecule has 1 aliphatic carbocycles. The summed E-state index contributed by atoms with van der Waals surface area (Å²) in [7, 11) is 0. The van der Waals surface area contributed by atoms with Gasteiger partial charge in [0, 0.05) is 19.6 Å². The summed E-state index contributed by atoms with van der Waals surface area (Å²) in [5.41, 5.74) is 0.424. The zero-order valence-electron chi connectivity index (χ0n) is 9.75. The molecule has 2 N–H and O–H groups in total. The second-order valence-electron chi connectivity index (χ2n) is 4.72. The van der Waals surface area contributed by atoms with Crippen LogP contribution in [-0.2, 0) is 9.53 Å². The van der Waals surface area contributed by atoms with Crippen molar-refractivity contribution in [2.24, 2.45) is 5.41 Å². The van der Waals surface area contributed by atoms with Crippen LogP contribution in [0.4, 0.5) is 0 Å². The maximum Gasteiger partial charge on any atom is 0.246 e. The van der Waals surface area contributed by atoms with E-state index in [4.69, 9.17) is 4.74 Å². The number of ether oxygens (including phenoxy) is 1. The lowest BCUT2D eigenvalue weighted by atomic mass is 10.0. The first-order valence-electron chi connectivity index (χ1n) is 5.83. The molecule has 1 saturated heterocycles. The third kappa shape index (κ3) is 3.61. The van der Waals surface area contributed by atoms with E-state index < -0.39 is 0 Å². The average molecular weight is 249 g/mol. The molecule has 2 rings (SSSR count). The lowest BCUT2D eigenvalue weighted by Crippen LogP contribution is -2.49. The van der Waals surface area contributed by atoms with Gasteiger partial charge in [0.2, 0.25) is 5.91 Å². The minimum absolute atomic E-state index is 0. The van der Waals surface area contributed by atoms with Gasteiger partial charge < -0.3 is 15.4 Å². The number of halogens is 1. The minimum Gasteiger partial charge on any atom is -0.366 e. The summed E-state index contributed by atoms with van der Waals surface area (Å²) in [6.45, 7) is 4.99. The van der Waals surface area contributed by atoms with Gasteiger partial charge in [-0.1, -0.05) is 6.92 Å². The summed E-state index contributed by atoms with van der Waals surface area (Å²) in [6.07, 6.45) is 3.94. The molecule has 0 spiro atoms. The molecule has 1 saturated carbocycles. The summed E-state index contributed by atoms with van der Waals surface area (Å²) in [6, 6.07) is 0. The van der Waals surface area contributed by atoms with E-state index in [0.29, 0.717) is 5.41 Å². The zero-order valence-corrected chi connectivity index (χ0v) is 10.6. The van der Waals surface area contributed by atoms with Crippen LogP contribution in [0.2, 0.25) is 0 Å². The number of carbonyl (C=O) groups excluding carboxylic acids is 1. The molecule has 2 aliphatic rings. The van der Waals surface area contributed by atoms with Crippen molar-refractivity contribution >= 4 is 18.3 Å². The van der Waals surface area contributed by atoms with Crippen molar-refractivity contribution in [3.05, 3.63) is 0 Å². The third-order valence-corrected chi connectivity index (χ3v) is 3.56. The van der Waals surface area contributed by atoms with Crippen LogP contribution >= 0.6 is 12.4 Å². The highest BCUT2D eigenvalue weighted by atomic mass is 35.5. The van der Waals surface area contributed by atoms with E-state index in [1.165, 1.54) is 19.3 Å². The van der Waals surface area contributed by atoms with Crippen molar-refractivity contribution in [1.82, 2.24) is 10.6 Å². The molecule has 1 heterocycles. The normalized spacial score (nSPS) is 21.8. The highest BCUT2D eigenvalue weighted by molar-refractivity contribution is 5.85. The Hall–Kier alpha value is -0.320. The van der Waals surface area contributed by atoms with Crippen LogP contribution in [0.3, 0.4) is 0 Å². The Balaban J connectivity index is 0.00000128. The van der Waals surface area contributed by atoms with Gasteiger partial charge in [-0.25, -0.2) is 0 Å². The highest BCUT2D eigenvalue weighted by Gasteiger charge is 2.40. The van der Waals surface area contributed by atoms with Crippen molar-refractivity contribution in [2.75, 3.05) is 26.2 Å². The molecule has 1 aliphatic heterocycles. The first kappa shape index (κ1) is 13.7. The van der Waals surface area contributed by atoms with Gasteiger partial charge in [0.25, 0.3) is 0 Å². The Bertz CT molecular complexity index is 240. The average Bonchev–Trinajstić information content (AvgIpc) is 2.93. The lowest BCUT2D eigenvalue weighted by molar-refractivity contribution is -0.128. The number of hydrogen-bond donors (Lipinski definition) is 2. The molecule has 16 heavy (non-hydrogen) atoms. The Morgan fingerprint density at radius 2 is 2.19 bits per heavy atom.